The third-order valence-electron chi connectivity index (χ3n) is 3.39. The number of hydrogen-bond donors (Lipinski definition) is 1. The SMILES string of the molecule is CCc1ccc2c(=O)c3cc(C(=O)O)ccc3oc2c1. The number of aromatic carboxylic acids is 1. The lowest BCUT2D eigenvalue weighted by atomic mass is 10.1. The van der Waals surface area contributed by atoms with E-state index in [1.165, 1.54) is 18.2 Å². The van der Waals surface area contributed by atoms with Gasteiger partial charge in [0.2, 0.25) is 5.43 Å². The molecule has 100 valence electrons. The molecule has 1 heterocycles. The maximum atomic E-state index is 12.4. The second kappa shape index (κ2) is 4.49. The fourth-order valence-corrected chi connectivity index (χ4v) is 2.25. The summed E-state index contributed by atoms with van der Waals surface area (Å²) in [5.74, 6) is -1.06. The molecule has 0 bridgehead atoms. The molecule has 0 fully saturated rings. The first kappa shape index (κ1) is 12.4. The number of carboxylic acids is 1. The van der Waals surface area contributed by atoms with Gasteiger partial charge in [0.1, 0.15) is 11.2 Å². The number of hydrogen-bond acceptors (Lipinski definition) is 3. The van der Waals surface area contributed by atoms with E-state index in [-0.39, 0.29) is 11.0 Å². The molecule has 0 aliphatic heterocycles. The van der Waals surface area contributed by atoms with E-state index in [1.54, 1.807) is 6.07 Å². The average molecular weight is 268 g/mol. The molecule has 2 aromatic carbocycles. The van der Waals surface area contributed by atoms with E-state index >= 15 is 0 Å². The molecule has 1 N–H and O–H groups in total. The fourth-order valence-electron chi connectivity index (χ4n) is 2.25. The van der Waals surface area contributed by atoms with Crippen LogP contribution in [0.4, 0.5) is 0 Å². The number of carbonyl (C=O) groups is 1. The van der Waals surface area contributed by atoms with Crippen molar-refractivity contribution in [1.82, 2.24) is 0 Å². The summed E-state index contributed by atoms with van der Waals surface area (Å²) in [5.41, 5.74) is 1.90. The number of carboxylic acid groups (broad SMARTS) is 1. The van der Waals surface area contributed by atoms with Crippen molar-refractivity contribution in [2.45, 2.75) is 13.3 Å². The normalized spacial score (nSPS) is 11.1. The molecule has 0 spiro atoms. The van der Waals surface area contributed by atoms with Gasteiger partial charge in [-0.25, -0.2) is 4.79 Å². The molecular formula is C16H12O4. The topological polar surface area (TPSA) is 67.5 Å². The van der Waals surface area contributed by atoms with Gasteiger partial charge in [0.25, 0.3) is 0 Å². The molecule has 20 heavy (non-hydrogen) atoms. The zero-order chi connectivity index (χ0) is 14.3. The van der Waals surface area contributed by atoms with Crippen LogP contribution in [0.5, 0.6) is 0 Å². The standard InChI is InChI=1S/C16H12O4/c1-2-9-3-5-11-14(7-9)20-13-6-4-10(16(18)19)8-12(13)15(11)17/h3-8H,2H2,1H3,(H,18,19). The Morgan fingerprint density at radius 1 is 1.10 bits per heavy atom. The van der Waals surface area contributed by atoms with Crippen LogP contribution in [0.25, 0.3) is 21.9 Å². The van der Waals surface area contributed by atoms with Crippen LogP contribution in [-0.4, -0.2) is 11.1 Å². The predicted molar refractivity (Wildman–Crippen MR) is 76.3 cm³/mol. The highest BCUT2D eigenvalue weighted by molar-refractivity contribution is 5.96. The van der Waals surface area contributed by atoms with Gasteiger partial charge in [0, 0.05) is 0 Å². The maximum Gasteiger partial charge on any atom is 0.335 e. The van der Waals surface area contributed by atoms with Gasteiger partial charge in [-0.15, -0.1) is 0 Å². The molecule has 0 radical (unpaired) electrons. The number of benzene rings is 2. The van der Waals surface area contributed by atoms with Crippen molar-refractivity contribution in [3.05, 3.63) is 57.7 Å². The van der Waals surface area contributed by atoms with Crippen LogP contribution in [0.1, 0.15) is 22.8 Å². The Morgan fingerprint density at radius 3 is 2.60 bits per heavy atom. The molecule has 0 amide bonds. The van der Waals surface area contributed by atoms with E-state index in [4.69, 9.17) is 9.52 Å². The minimum absolute atomic E-state index is 0.0781. The predicted octanol–water partition coefficient (Wildman–Crippen LogP) is 3.21. The van der Waals surface area contributed by atoms with E-state index < -0.39 is 5.97 Å². The van der Waals surface area contributed by atoms with Gasteiger partial charge < -0.3 is 9.52 Å². The summed E-state index contributed by atoms with van der Waals surface area (Å²) in [7, 11) is 0. The van der Waals surface area contributed by atoms with E-state index in [2.05, 4.69) is 0 Å². The van der Waals surface area contributed by atoms with Crippen LogP contribution < -0.4 is 5.43 Å². The van der Waals surface area contributed by atoms with Crippen LogP contribution in [-0.2, 0) is 6.42 Å². The smallest absolute Gasteiger partial charge is 0.335 e. The Hall–Kier alpha value is -2.62. The summed E-state index contributed by atoms with van der Waals surface area (Å²) in [4.78, 5) is 23.4. The van der Waals surface area contributed by atoms with Crippen molar-refractivity contribution in [3.8, 4) is 0 Å². The molecule has 0 unspecified atom stereocenters. The average Bonchev–Trinajstić information content (AvgIpc) is 2.46. The van der Waals surface area contributed by atoms with E-state index in [0.717, 1.165) is 12.0 Å². The summed E-state index contributed by atoms with van der Waals surface area (Å²) in [6, 6.07) is 9.78. The zero-order valence-electron chi connectivity index (χ0n) is 10.8. The maximum absolute atomic E-state index is 12.4. The van der Waals surface area contributed by atoms with Gasteiger partial charge in [0.15, 0.2) is 0 Å². The highest BCUT2D eigenvalue weighted by Gasteiger charge is 2.11. The Labute approximate surface area is 114 Å². The van der Waals surface area contributed by atoms with Crippen molar-refractivity contribution < 1.29 is 14.3 Å². The second-order valence-corrected chi connectivity index (χ2v) is 4.63. The van der Waals surface area contributed by atoms with Crippen LogP contribution in [0.15, 0.2) is 45.6 Å². The summed E-state index contributed by atoms with van der Waals surface area (Å²) in [6.07, 6.45) is 0.857. The summed E-state index contributed by atoms with van der Waals surface area (Å²) in [6.45, 7) is 2.03. The highest BCUT2D eigenvalue weighted by Crippen LogP contribution is 2.21. The third kappa shape index (κ3) is 1.86. The first-order chi connectivity index (χ1) is 9.60. The van der Waals surface area contributed by atoms with Crippen molar-refractivity contribution in [1.29, 1.82) is 0 Å². The monoisotopic (exact) mass is 268 g/mol. The van der Waals surface area contributed by atoms with Crippen LogP contribution in [0.2, 0.25) is 0 Å². The first-order valence-corrected chi connectivity index (χ1v) is 6.33. The minimum Gasteiger partial charge on any atom is -0.478 e. The van der Waals surface area contributed by atoms with Crippen LogP contribution in [0.3, 0.4) is 0 Å². The largest absolute Gasteiger partial charge is 0.478 e. The van der Waals surface area contributed by atoms with Gasteiger partial charge >= 0.3 is 5.97 Å². The summed E-state index contributed by atoms with van der Waals surface area (Å²) < 4.78 is 5.71. The molecule has 4 nitrogen and oxygen atoms in total. The van der Waals surface area contributed by atoms with E-state index in [1.807, 2.05) is 19.1 Å². The summed E-state index contributed by atoms with van der Waals surface area (Å²) in [5, 5.41) is 9.75. The van der Waals surface area contributed by atoms with Gasteiger partial charge in [-0.1, -0.05) is 13.0 Å². The van der Waals surface area contributed by atoms with Crippen molar-refractivity contribution in [2.75, 3.05) is 0 Å². The van der Waals surface area contributed by atoms with Crippen molar-refractivity contribution >= 4 is 27.9 Å². The Kier molecular flexibility index (Phi) is 2.79. The molecule has 3 aromatic rings. The Balaban J connectivity index is 2.40. The number of rotatable bonds is 2. The quantitative estimate of drug-likeness (QED) is 0.725. The van der Waals surface area contributed by atoms with E-state index in [9.17, 15) is 9.59 Å². The number of aryl methyl sites for hydroxylation is 1. The molecule has 0 saturated heterocycles. The van der Waals surface area contributed by atoms with E-state index in [0.29, 0.717) is 21.9 Å². The molecule has 0 atom stereocenters. The van der Waals surface area contributed by atoms with Gasteiger partial charge in [-0.05, 0) is 42.3 Å². The molecule has 4 heteroatoms. The number of fused-ring (bicyclic) bond motifs is 2. The minimum atomic E-state index is -1.06. The van der Waals surface area contributed by atoms with Crippen LogP contribution in [0, 0.1) is 0 Å². The van der Waals surface area contributed by atoms with Crippen molar-refractivity contribution in [2.24, 2.45) is 0 Å². The first-order valence-electron chi connectivity index (χ1n) is 6.33. The third-order valence-corrected chi connectivity index (χ3v) is 3.39. The highest BCUT2D eigenvalue weighted by atomic mass is 16.4. The second-order valence-electron chi connectivity index (χ2n) is 4.63. The molecule has 0 aliphatic carbocycles. The fraction of sp³-hybridized carbons (Fsp3) is 0.125. The lowest BCUT2D eigenvalue weighted by molar-refractivity contribution is 0.0697. The molecule has 0 aliphatic rings. The Morgan fingerprint density at radius 2 is 1.90 bits per heavy atom. The lowest BCUT2D eigenvalue weighted by Gasteiger charge is -2.04. The van der Waals surface area contributed by atoms with Gasteiger partial charge in [-0.2, -0.15) is 0 Å². The van der Waals surface area contributed by atoms with Crippen molar-refractivity contribution in [3.63, 3.8) is 0 Å². The summed E-state index contributed by atoms with van der Waals surface area (Å²) >= 11 is 0. The molecular weight excluding hydrogens is 256 g/mol. The Bertz CT molecular complexity index is 890. The zero-order valence-corrected chi connectivity index (χ0v) is 10.8. The molecule has 3 rings (SSSR count). The molecule has 1 aromatic heterocycles. The van der Waals surface area contributed by atoms with Gasteiger partial charge in [-0.3, -0.25) is 4.79 Å². The van der Waals surface area contributed by atoms with Crippen LogP contribution >= 0.6 is 0 Å². The lowest BCUT2D eigenvalue weighted by Crippen LogP contribution is -2.04. The van der Waals surface area contributed by atoms with Gasteiger partial charge in [0.05, 0.1) is 16.3 Å². The molecule has 0 saturated carbocycles.